The van der Waals surface area contributed by atoms with E-state index in [1.165, 1.54) is 24.3 Å². The van der Waals surface area contributed by atoms with Gasteiger partial charge in [-0.1, -0.05) is 6.07 Å². The van der Waals surface area contributed by atoms with Crippen LogP contribution in [0.1, 0.15) is 41.9 Å². The van der Waals surface area contributed by atoms with E-state index in [2.05, 4.69) is 5.32 Å². The number of hydrogen-bond acceptors (Lipinski definition) is 2. The second kappa shape index (κ2) is 7.25. The SMILES string of the molecule is O=C(CCC1CCc2cc(F)c(F)cc21)N1CCNc2cc(F)ccc2C1. The van der Waals surface area contributed by atoms with E-state index in [1.807, 2.05) is 0 Å². The Labute approximate surface area is 156 Å². The molecule has 0 bridgehead atoms. The van der Waals surface area contributed by atoms with Gasteiger partial charge in [-0.2, -0.15) is 0 Å². The molecule has 1 heterocycles. The van der Waals surface area contributed by atoms with Crippen LogP contribution in [0.15, 0.2) is 30.3 Å². The van der Waals surface area contributed by atoms with Crippen LogP contribution in [0.25, 0.3) is 0 Å². The van der Waals surface area contributed by atoms with Crippen molar-refractivity contribution in [3.63, 3.8) is 0 Å². The molecule has 2 aromatic rings. The van der Waals surface area contributed by atoms with E-state index >= 15 is 0 Å². The lowest BCUT2D eigenvalue weighted by molar-refractivity contribution is -0.131. The highest BCUT2D eigenvalue weighted by Crippen LogP contribution is 2.37. The number of anilines is 1. The van der Waals surface area contributed by atoms with Crippen molar-refractivity contribution in [2.45, 2.75) is 38.1 Å². The van der Waals surface area contributed by atoms with Crippen LogP contribution >= 0.6 is 0 Å². The Hall–Kier alpha value is -2.50. The van der Waals surface area contributed by atoms with Crippen LogP contribution in [0.2, 0.25) is 0 Å². The van der Waals surface area contributed by atoms with Gasteiger partial charge in [0.15, 0.2) is 11.6 Å². The van der Waals surface area contributed by atoms with E-state index in [0.29, 0.717) is 32.5 Å². The number of nitrogens with zero attached hydrogens (tertiary/aromatic N) is 1. The number of hydrogen-bond donors (Lipinski definition) is 1. The summed E-state index contributed by atoms with van der Waals surface area (Å²) in [6.07, 6.45) is 2.52. The fourth-order valence-corrected chi connectivity index (χ4v) is 4.12. The van der Waals surface area contributed by atoms with Gasteiger partial charge in [0, 0.05) is 31.7 Å². The molecule has 4 rings (SSSR count). The third-order valence-electron chi connectivity index (χ3n) is 5.57. The number of carbonyl (C=O) groups is 1. The quantitative estimate of drug-likeness (QED) is 0.865. The second-order valence-electron chi connectivity index (χ2n) is 7.28. The highest BCUT2D eigenvalue weighted by molar-refractivity contribution is 5.77. The minimum absolute atomic E-state index is 0.0324. The minimum atomic E-state index is -0.825. The molecule has 1 aliphatic carbocycles. The number of amides is 1. The van der Waals surface area contributed by atoms with Gasteiger partial charge < -0.3 is 10.2 Å². The van der Waals surface area contributed by atoms with Gasteiger partial charge in [-0.15, -0.1) is 0 Å². The van der Waals surface area contributed by atoms with E-state index in [1.54, 1.807) is 11.0 Å². The lowest BCUT2D eigenvalue weighted by atomic mass is 9.95. The molecule has 1 aliphatic heterocycles. The fourth-order valence-electron chi connectivity index (χ4n) is 4.12. The van der Waals surface area contributed by atoms with Crippen molar-refractivity contribution in [3.8, 4) is 0 Å². The van der Waals surface area contributed by atoms with Crippen LogP contribution in [0.5, 0.6) is 0 Å². The number of fused-ring (bicyclic) bond motifs is 2. The molecule has 1 atom stereocenters. The second-order valence-corrected chi connectivity index (χ2v) is 7.28. The largest absolute Gasteiger partial charge is 0.383 e. The standard InChI is InChI=1S/C21H21F3N2O/c22-16-5-3-15-12-26(8-7-25-20(15)10-16)21(27)6-4-13-1-2-14-9-18(23)19(24)11-17(13)14/h3,5,9-11,13,25H,1-2,4,6-8,12H2. The Bertz CT molecular complexity index is 884. The van der Waals surface area contributed by atoms with Gasteiger partial charge in [-0.3, -0.25) is 4.79 Å². The van der Waals surface area contributed by atoms with E-state index in [0.717, 1.165) is 35.2 Å². The van der Waals surface area contributed by atoms with Crippen LogP contribution in [0.4, 0.5) is 18.9 Å². The molecular formula is C21H21F3N2O. The number of aryl methyl sites for hydroxylation is 1. The molecule has 0 saturated heterocycles. The van der Waals surface area contributed by atoms with Crippen molar-refractivity contribution < 1.29 is 18.0 Å². The topological polar surface area (TPSA) is 32.3 Å². The van der Waals surface area contributed by atoms with Crippen molar-refractivity contribution in [2.24, 2.45) is 0 Å². The number of nitrogens with one attached hydrogen (secondary N) is 1. The number of rotatable bonds is 3. The maximum absolute atomic E-state index is 13.6. The maximum Gasteiger partial charge on any atom is 0.222 e. The number of benzene rings is 2. The summed E-state index contributed by atoms with van der Waals surface area (Å²) in [6.45, 7) is 1.57. The molecule has 0 fully saturated rings. The molecule has 0 saturated carbocycles. The Morgan fingerprint density at radius 1 is 1.11 bits per heavy atom. The summed E-state index contributed by atoms with van der Waals surface area (Å²) in [7, 11) is 0. The van der Waals surface area contributed by atoms with Crippen molar-refractivity contribution in [1.29, 1.82) is 0 Å². The molecule has 2 aliphatic rings. The maximum atomic E-state index is 13.6. The molecule has 0 aromatic heterocycles. The Morgan fingerprint density at radius 3 is 2.78 bits per heavy atom. The van der Waals surface area contributed by atoms with Gasteiger partial charge in [0.25, 0.3) is 0 Å². The molecule has 0 spiro atoms. The lowest BCUT2D eigenvalue weighted by Crippen LogP contribution is -2.32. The lowest BCUT2D eigenvalue weighted by Gasteiger charge is -2.21. The average molecular weight is 374 g/mol. The Kier molecular flexibility index (Phi) is 4.81. The summed E-state index contributed by atoms with van der Waals surface area (Å²) in [5.41, 5.74) is 3.31. The van der Waals surface area contributed by atoms with Crippen LogP contribution in [-0.2, 0) is 17.8 Å². The summed E-state index contributed by atoms with van der Waals surface area (Å²) in [6, 6.07) is 7.12. The van der Waals surface area contributed by atoms with Crippen LogP contribution in [0, 0.1) is 17.5 Å². The summed E-state index contributed by atoms with van der Waals surface area (Å²) < 4.78 is 40.3. The van der Waals surface area contributed by atoms with Crippen molar-refractivity contribution in [2.75, 3.05) is 18.4 Å². The van der Waals surface area contributed by atoms with Crippen LogP contribution < -0.4 is 5.32 Å². The zero-order valence-electron chi connectivity index (χ0n) is 14.9. The first-order valence-corrected chi connectivity index (χ1v) is 9.29. The first-order valence-electron chi connectivity index (χ1n) is 9.29. The molecule has 1 amide bonds. The molecule has 3 nitrogen and oxygen atoms in total. The van der Waals surface area contributed by atoms with E-state index in [9.17, 15) is 18.0 Å². The minimum Gasteiger partial charge on any atom is -0.383 e. The molecule has 1 unspecified atom stereocenters. The third-order valence-corrected chi connectivity index (χ3v) is 5.57. The predicted molar refractivity (Wildman–Crippen MR) is 97.0 cm³/mol. The number of carbonyl (C=O) groups excluding carboxylic acids is 1. The third kappa shape index (κ3) is 3.66. The van der Waals surface area contributed by atoms with Gasteiger partial charge in [0.1, 0.15) is 5.82 Å². The molecule has 0 radical (unpaired) electrons. The summed E-state index contributed by atoms with van der Waals surface area (Å²) in [5.74, 6) is -1.81. The van der Waals surface area contributed by atoms with Crippen molar-refractivity contribution in [1.82, 2.24) is 4.90 Å². The summed E-state index contributed by atoms with van der Waals surface area (Å²) >= 11 is 0. The van der Waals surface area contributed by atoms with Gasteiger partial charge in [0.2, 0.25) is 5.91 Å². The fraction of sp³-hybridized carbons (Fsp3) is 0.381. The smallest absolute Gasteiger partial charge is 0.222 e. The summed E-state index contributed by atoms with van der Waals surface area (Å²) in [4.78, 5) is 14.5. The van der Waals surface area contributed by atoms with Gasteiger partial charge >= 0.3 is 0 Å². The molecule has 142 valence electrons. The van der Waals surface area contributed by atoms with Crippen molar-refractivity contribution >= 4 is 11.6 Å². The molecule has 27 heavy (non-hydrogen) atoms. The zero-order valence-corrected chi connectivity index (χ0v) is 14.9. The highest BCUT2D eigenvalue weighted by atomic mass is 19.2. The predicted octanol–water partition coefficient (Wildman–Crippen LogP) is 4.37. The van der Waals surface area contributed by atoms with Gasteiger partial charge in [-0.05, 0) is 66.1 Å². The van der Waals surface area contributed by atoms with Crippen molar-refractivity contribution in [3.05, 3.63) is 64.5 Å². The molecular weight excluding hydrogens is 353 g/mol. The van der Waals surface area contributed by atoms with E-state index < -0.39 is 11.6 Å². The Balaban J connectivity index is 1.41. The normalized spacial score (nSPS) is 18.5. The zero-order chi connectivity index (χ0) is 19.0. The van der Waals surface area contributed by atoms with E-state index in [-0.39, 0.29) is 17.6 Å². The highest BCUT2D eigenvalue weighted by Gasteiger charge is 2.26. The first-order chi connectivity index (χ1) is 13.0. The van der Waals surface area contributed by atoms with E-state index in [4.69, 9.17) is 0 Å². The average Bonchev–Trinajstić information content (AvgIpc) is 2.89. The molecule has 6 heteroatoms. The van der Waals surface area contributed by atoms with Crippen LogP contribution in [0.3, 0.4) is 0 Å². The molecule has 2 aromatic carbocycles. The Morgan fingerprint density at radius 2 is 1.93 bits per heavy atom. The summed E-state index contributed by atoms with van der Waals surface area (Å²) in [5, 5.41) is 3.16. The van der Waals surface area contributed by atoms with Gasteiger partial charge in [-0.25, -0.2) is 13.2 Å². The van der Waals surface area contributed by atoms with Crippen LogP contribution in [-0.4, -0.2) is 23.9 Å². The van der Waals surface area contributed by atoms with Gasteiger partial charge in [0.05, 0.1) is 0 Å². The first kappa shape index (κ1) is 17.9. The monoisotopic (exact) mass is 374 g/mol. The molecule has 1 N–H and O–H groups in total. The number of halogens is 3.